The lowest BCUT2D eigenvalue weighted by molar-refractivity contribution is -0.123. The van der Waals surface area contributed by atoms with Gasteiger partial charge in [-0.3, -0.25) is 9.59 Å². The Kier molecular flexibility index (Phi) is 1.77. The molecule has 0 radical (unpaired) electrons. The van der Waals surface area contributed by atoms with E-state index in [-0.39, 0.29) is 5.78 Å². The zero-order valence-electron chi connectivity index (χ0n) is 6.46. The predicted molar refractivity (Wildman–Crippen MR) is 42.1 cm³/mol. The highest BCUT2D eigenvalue weighted by atomic mass is 16.1. The van der Waals surface area contributed by atoms with Gasteiger partial charge in [-0.05, 0) is 6.92 Å². The zero-order valence-corrected chi connectivity index (χ0v) is 6.46. The molecule has 0 aromatic carbocycles. The smallest absolute Gasteiger partial charge is 0.150 e. The molecule has 0 amide bonds. The van der Waals surface area contributed by atoms with Gasteiger partial charge in [-0.2, -0.15) is 0 Å². The van der Waals surface area contributed by atoms with Crippen LogP contribution in [0.5, 0.6) is 0 Å². The number of carbonyl (C=O) groups is 2. The van der Waals surface area contributed by atoms with Gasteiger partial charge < -0.3 is 0 Å². The molecule has 0 fully saturated rings. The third-order valence-corrected chi connectivity index (χ3v) is 2.22. The molecule has 11 heavy (non-hydrogen) atoms. The quantitative estimate of drug-likeness (QED) is 0.439. The van der Waals surface area contributed by atoms with Crippen molar-refractivity contribution in [3.05, 3.63) is 24.3 Å². The van der Waals surface area contributed by atoms with Crippen LogP contribution in [0.4, 0.5) is 0 Å². The van der Waals surface area contributed by atoms with Gasteiger partial charge in [0.1, 0.15) is 6.29 Å². The number of hydrogen-bond acceptors (Lipinski definition) is 2. The van der Waals surface area contributed by atoms with Crippen molar-refractivity contribution in [1.82, 2.24) is 0 Å². The van der Waals surface area contributed by atoms with Crippen LogP contribution in [-0.2, 0) is 9.59 Å². The maximum atomic E-state index is 11.2. The second kappa shape index (κ2) is 2.46. The minimum atomic E-state index is -0.720. The number of ketones is 1. The van der Waals surface area contributed by atoms with Crippen LogP contribution in [-0.4, -0.2) is 12.1 Å². The number of carbonyl (C=O) groups excluding carboxylic acids is 2. The Morgan fingerprint density at radius 1 is 1.73 bits per heavy atom. The molecule has 2 heteroatoms. The maximum Gasteiger partial charge on any atom is 0.150 e. The van der Waals surface area contributed by atoms with Gasteiger partial charge in [-0.1, -0.05) is 12.2 Å². The van der Waals surface area contributed by atoms with E-state index >= 15 is 0 Å². The first kappa shape index (κ1) is 7.92. The first-order valence-corrected chi connectivity index (χ1v) is 3.48. The summed E-state index contributed by atoms with van der Waals surface area (Å²) in [5, 5.41) is 0. The van der Waals surface area contributed by atoms with Crippen molar-refractivity contribution in [3.63, 3.8) is 0 Å². The fourth-order valence-corrected chi connectivity index (χ4v) is 1.19. The summed E-state index contributed by atoms with van der Waals surface area (Å²) in [5.41, 5.74) is -0.181. The zero-order chi connectivity index (χ0) is 8.48. The summed E-state index contributed by atoms with van der Waals surface area (Å²) in [6.45, 7) is 5.26. The third-order valence-electron chi connectivity index (χ3n) is 2.22. The summed E-state index contributed by atoms with van der Waals surface area (Å²) < 4.78 is 0. The Hall–Kier alpha value is -1.18. The average molecular weight is 150 g/mol. The molecule has 0 N–H and O–H groups in total. The van der Waals surface area contributed by atoms with Gasteiger partial charge in [0.15, 0.2) is 5.78 Å². The van der Waals surface area contributed by atoms with E-state index in [0.29, 0.717) is 12.0 Å². The SMILES string of the molecule is C=CC1(C)C(=O)CC=C1C=O. The minimum Gasteiger partial charge on any atom is -0.298 e. The van der Waals surface area contributed by atoms with Crippen LogP contribution in [0.1, 0.15) is 13.3 Å². The Balaban J connectivity index is 3.08. The lowest BCUT2D eigenvalue weighted by atomic mass is 9.83. The summed E-state index contributed by atoms with van der Waals surface area (Å²) in [6, 6.07) is 0. The summed E-state index contributed by atoms with van der Waals surface area (Å²) in [5.74, 6) is 0.0506. The van der Waals surface area contributed by atoms with E-state index in [2.05, 4.69) is 6.58 Å². The number of allylic oxidation sites excluding steroid dienone is 3. The highest BCUT2D eigenvalue weighted by Crippen LogP contribution is 2.34. The lowest BCUT2D eigenvalue weighted by Crippen LogP contribution is -2.22. The molecule has 0 aliphatic heterocycles. The summed E-state index contributed by atoms with van der Waals surface area (Å²) in [4.78, 5) is 21.7. The maximum absolute atomic E-state index is 11.2. The van der Waals surface area contributed by atoms with Gasteiger partial charge in [0.25, 0.3) is 0 Å². The molecule has 1 aliphatic carbocycles. The Morgan fingerprint density at radius 2 is 2.36 bits per heavy atom. The van der Waals surface area contributed by atoms with Gasteiger partial charge in [0.05, 0.1) is 5.41 Å². The molecule has 0 saturated carbocycles. The normalized spacial score (nSPS) is 29.9. The van der Waals surface area contributed by atoms with E-state index in [9.17, 15) is 9.59 Å². The molecule has 2 nitrogen and oxygen atoms in total. The van der Waals surface area contributed by atoms with Crippen LogP contribution in [0.15, 0.2) is 24.3 Å². The average Bonchev–Trinajstić information content (AvgIpc) is 2.30. The minimum absolute atomic E-state index is 0.0506. The molecule has 1 atom stereocenters. The van der Waals surface area contributed by atoms with Crippen molar-refractivity contribution >= 4 is 12.1 Å². The summed E-state index contributed by atoms with van der Waals surface area (Å²) in [7, 11) is 0. The van der Waals surface area contributed by atoms with Gasteiger partial charge in [0, 0.05) is 12.0 Å². The lowest BCUT2D eigenvalue weighted by Gasteiger charge is -2.17. The van der Waals surface area contributed by atoms with Gasteiger partial charge in [-0.15, -0.1) is 6.58 Å². The molecule has 0 aromatic rings. The van der Waals surface area contributed by atoms with Crippen molar-refractivity contribution < 1.29 is 9.59 Å². The van der Waals surface area contributed by atoms with Crippen LogP contribution < -0.4 is 0 Å². The molecule has 0 bridgehead atoms. The van der Waals surface area contributed by atoms with E-state index in [0.717, 1.165) is 6.29 Å². The molecule has 1 aliphatic rings. The van der Waals surface area contributed by atoms with Gasteiger partial charge in [-0.25, -0.2) is 0 Å². The largest absolute Gasteiger partial charge is 0.298 e. The summed E-state index contributed by atoms with van der Waals surface area (Å²) >= 11 is 0. The van der Waals surface area contributed by atoms with Crippen LogP contribution in [0.3, 0.4) is 0 Å². The van der Waals surface area contributed by atoms with Crippen molar-refractivity contribution in [1.29, 1.82) is 0 Å². The van der Waals surface area contributed by atoms with Crippen molar-refractivity contribution in [3.8, 4) is 0 Å². The van der Waals surface area contributed by atoms with Crippen molar-refractivity contribution in [2.75, 3.05) is 0 Å². The molecular formula is C9H10O2. The number of aldehydes is 1. The molecule has 58 valence electrons. The number of Topliss-reactive ketones (excluding diaryl/α,β-unsaturated/α-hetero) is 1. The van der Waals surface area contributed by atoms with Crippen LogP contribution in [0.25, 0.3) is 0 Å². The van der Waals surface area contributed by atoms with Crippen LogP contribution in [0, 0.1) is 5.41 Å². The van der Waals surface area contributed by atoms with E-state index < -0.39 is 5.41 Å². The molecular weight excluding hydrogens is 140 g/mol. The number of hydrogen-bond donors (Lipinski definition) is 0. The number of rotatable bonds is 2. The molecule has 0 heterocycles. The molecule has 0 spiro atoms. The third kappa shape index (κ3) is 0.946. The Morgan fingerprint density at radius 3 is 2.73 bits per heavy atom. The summed E-state index contributed by atoms with van der Waals surface area (Å²) in [6.07, 6.45) is 4.28. The topological polar surface area (TPSA) is 34.1 Å². The van der Waals surface area contributed by atoms with E-state index in [1.165, 1.54) is 6.08 Å². The molecule has 1 unspecified atom stereocenters. The van der Waals surface area contributed by atoms with E-state index in [1.54, 1.807) is 13.0 Å². The first-order chi connectivity index (χ1) is 5.15. The van der Waals surface area contributed by atoms with Crippen LogP contribution in [0.2, 0.25) is 0 Å². The molecule has 0 saturated heterocycles. The fraction of sp³-hybridized carbons (Fsp3) is 0.333. The highest BCUT2D eigenvalue weighted by molar-refractivity contribution is 6.01. The second-order valence-corrected chi connectivity index (χ2v) is 2.81. The van der Waals surface area contributed by atoms with Gasteiger partial charge >= 0.3 is 0 Å². The predicted octanol–water partition coefficient (Wildman–Crippen LogP) is 1.28. The van der Waals surface area contributed by atoms with Crippen molar-refractivity contribution in [2.45, 2.75) is 13.3 Å². The Labute approximate surface area is 65.6 Å². The fourth-order valence-electron chi connectivity index (χ4n) is 1.19. The van der Waals surface area contributed by atoms with Gasteiger partial charge in [0.2, 0.25) is 0 Å². The molecule has 1 rings (SSSR count). The highest BCUT2D eigenvalue weighted by Gasteiger charge is 2.37. The standard InChI is InChI=1S/C9H10O2/c1-3-9(2)7(6-10)4-5-8(9)11/h3-4,6H,1,5H2,2H3. The van der Waals surface area contributed by atoms with Crippen LogP contribution >= 0.6 is 0 Å². The first-order valence-electron chi connectivity index (χ1n) is 3.48. The molecule has 0 aromatic heterocycles. The van der Waals surface area contributed by atoms with E-state index in [4.69, 9.17) is 0 Å². The monoisotopic (exact) mass is 150 g/mol. The van der Waals surface area contributed by atoms with Crippen molar-refractivity contribution in [2.24, 2.45) is 5.41 Å². The second-order valence-electron chi connectivity index (χ2n) is 2.81. The Bertz CT molecular complexity index is 250. The van der Waals surface area contributed by atoms with E-state index in [1.807, 2.05) is 0 Å².